The molecule has 1 amide bonds. The third kappa shape index (κ3) is 7.21. The minimum atomic E-state index is -0.685. The molecule has 0 saturated heterocycles. The van der Waals surface area contributed by atoms with E-state index in [-0.39, 0.29) is 24.2 Å². The summed E-state index contributed by atoms with van der Waals surface area (Å²) < 4.78 is 4.81. The standard InChI is InChI=1S/C16H20N2O5/c1-3-5-12(2)17-15(19)11-23-16(20)9-8-13-6-4-7-14(10-13)18(21)22/h4,6-10,12H,3,5,11H2,1-2H3,(H,17,19)/b9-8+. The zero-order valence-electron chi connectivity index (χ0n) is 13.2. The highest BCUT2D eigenvalue weighted by molar-refractivity contribution is 5.89. The molecule has 0 bridgehead atoms. The highest BCUT2D eigenvalue weighted by Gasteiger charge is 2.09. The van der Waals surface area contributed by atoms with E-state index in [1.165, 1.54) is 24.3 Å². The van der Waals surface area contributed by atoms with Crippen molar-refractivity contribution in [1.29, 1.82) is 0 Å². The van der Waals surface area contributed by atoms with Crippen LogP contribution in [0.2, 0.25) is 0 Å². The van der Waals surface area contributed by atoms with E-state index in [0.717, 1.165) is 18.9 Å². The molecule has 0 aliphatic heterocycles. The topological polar surface area (TPSA) is 98.5 Å². The van der Waals surface area contributed by atoms with Crippen molar-refractivity contribution in [2.75, 3.05) is 6.61 Å². The first-order valence-corrected chi connectivity index (χ1v) is 7.31. The first-order chi connectivity index (χ1) is 10.9. The Labute approximate surface area is 134 Å². The van der Waals surface area contributed by atoms with Crippen LogP contribution in [0, 0.1) is 10.1 Å². The molecule has 0 fully saturated rings. The van der Waals surface area contributed by atoms with E-state index in [4.69, 9.17) is 4.74 Å². The Morgan fingerprint density at radius 2 is 2.17 bits per heavy atom. The molecule has 0 spiro atoms. The molecule has 0 aliphatic rings. The largest absolute Gasteiger partial charge is 0.452 e. The molecular weight excluding hydrogens is 300 g/mol. The van der Waals surface area contributed by atoms with Gasteiger partial charge in [0.25, 0.3) is 11.6 Å². The van der Waals surface area contributed by atoms with Crippen molar-refractivity contribution >= 4 is 23.6 Å². The molecule has 0 saturated carbocycles. The van der Waals surface area contributed by atoms with Gasteiger partial charge in [0.15, 0.2) is 6.61 Å². The molecule has 0 aromatic heterocycles. The number of amides is 1. The minimum absolute atomic E-state index is 0.0339. The van der Waals surface area contributed by atoms with Gasteiger partial charge in [0.2, 0.25) is 0 Å². The monoisotopic (exact) mass is 320 g/mol. The number of non-ortho nitro benzene ring substituents is 1. The van der Waals surface area contributed by atoms with Gasteiger partial charge in [-0.1, -0.05) is 25.5 Å². The van der Waals surface area contributed by atoms with Crippen LogP contribution >= 0.6 is 0 Å². The van der Waals surface area contributed by atoms with Crippen LogP contribution < -0.4 is 5.32 Å². The van der Waals surface area contributed by atoms with Crippen molar-refractivity contribution in [1.82, 2.24) is 5.32 Å². The number of nitrogens with one attached hydrogen (secondary N) is 1. The van der Waals surface area contributed by atoms with E-state index in [0.29, 0.717) is 5.56 Å². The van der Waals surface area contributed by atoms with Crippen molar-refractivity contribution in [3.8, 4) is 0 Å². The van der Waals surface area contributed by atoms with Gasteiger partial charge in [-0.15, -0.1) is 0 Å². The molecule has 124 valence electrons. The second-order valence-corrected chi connectivity index (χ2v) is 5.05. The van der Waals surface area contributed by atoms with E-state index in [2.05, 4.69) is 5.32 Å². The fourth-order valence-corrected chi connectivity index (χ4v) is 1.91. The van der Waals surface area contributed by atoms with E-state index >= 15 is 0 Å². The number of hydrogen-bond acceptors (Lipinski definition) is 5. The lowest BCUT2D eigenvalue weighted by Crippen LogP contribution is -2.35. The molecule has 1 aromatic rings. The highest BCUT2D eigenvalue weighted by atomic mass is 16.6. The average Bonchev–Trinajstić information content (AvgIpc) is 2.51. The molecule has 0 heterocycles. The van der Waals surface area contributed by atoms with Gasteiger partial charge in [0.05, 0.1) is 4.92 Å². The smallest absolute Gasteiger partial charge is 0.331 e. The SMILES string of the molecule is CCCC(C)NC(=O)COC(=O)/C=C/c1cccc([N+](=O)[O-])c1. The number of carbonyl (C=O) groups is 2. The van der Waals surface area contributed by atoms with Crippen LogP contribution in [0.4, 0.5) is 5.69 Å². The van der Waals surface area contributed by atoms with E-state index in [1.807, 2.05) is 13.8 Å². The number of nitro groups is 1. The summed E-state index contributed by atoms with van der Waals surface area (Å²) in [5.41, 5.74) is 0.432. The molecule has 0 aliphatic carbocycles. The maximum Gasteiger partial charge on any atom is 0.331 e. The summed E-state index contributed by atoms with van der Waals surface area (Å²) in [6.07, 6.45) is 4.33. The van der Waals surface area contributed by atoms with Crippen molar-refractivity contribution in [3.63, 3.8) is 0 Å². The summed E-state index contributed by atoms with van der Waals surface area (Å²) in [5, 5.41) is 13.4. The number of hydrogen-bond donors (Lipinski definition) is 1. The predicted molar refractivity (Wildman–Crippen MR) is 85.6 cm³/mol. The van der Waals surface area contributed by atoms with Gasteiger partial charge < -0.3 is 10.1 Å². The first-order valence-electron chi connectivity index (χ1n) is 7.31. The summed E-state index contributed by atoms with van der Waals surface area (Å²) in [6, 6.07) is 5.87. The summed E-state index contributed by atoms with van der Waals surface area (Å²) in [4.78, 5) is 33.2. The lowest BCUT2D eigenvalue weighted by Gasteiger charge is -2.12. The lowest BCUT2D eigenvalue weighted by molar-refractivity contribution is -0.384. The Morgan fingerprint density at radius 3 is 2.83 bits per heavy atom. The maximum atomic E-state index is 11.5. The number of benzene rings is 1. The van der Waals surface area contributed by atoms with Crippen LogP contribution in [0.15, 0.2) is 30.3 Å². The number of ether oxygens (including phenoxy) is 1. The molecule has 7 nitrogen and oxygen atoms in total. The molecule has 0 radical (unpaired) electrons. The van der Waals surface area contributed by atoms with E-state index in [9.17, 15) is 19.7 Å². The van der Waals surface area contributed by atoms with Gasteiger partial charge in [-0.3, -0.25) is 14.9 Å². The molecule has 1 rings (SSSR count). The molecule has 1 N–H and O–H groups in total. The van der Waals surface area contributed by atoms with Crippen LogP contribution in [0.1, 0.15) is 32.3 Å². The first kappa shape index (κ1) is 18.3. The second-order valence-electron chi connectivity index (χ2n) is 5.05. The number of esters is 1. The van der Waals surface area contributed by atoms with Crippen LogP contribution in [0.25, 0.3) is 6.08 Å². The van der Waals surface area contributed by atoms with Gasteiger partial charge in [0, 0.05) is 24.3 Å². The molecule has 7 heteroatoms. The maximum absolute atomic E-state index is 11.5. The molecular formula is C16H20N2O5. The fourth-order valence-electron chi connectivity index (χ4n) is 1.91. The zero-order valence-corrected chi connectivity index (χ0v) is 13.2. The quantitative estimate of drug-likeness (QED) is 0.343. The van der Waals surface area contributed by atoms with Gasteiger partial charge in [-0.25, -0.2) is 4.79 Å². The second kappa shape index (κ2) is 9.34. The Morgan fingerprint density at radius 1 is 1.43 bits per heavy atom. The van der Waals surface area contributed by atoms with Gasteiger partial charge in [-0.05, 0) is 25.0 Å². The minimum Gasteiger partial charge on any atom is -0.452 e. The molecule has 1 aromatic carbocycles. The number of nitrogens with zero attached hydrogens (tertiary/aromatic N) is 1. The fraction of sp³-hybridized carbons (Fsp3) is 0.375. The van der Waals surface area contributed by atoms with Crippen LogP contribution in [0.3, 0.4) is 0 Å². The van der Waals surface area contributed by atoms with E-state index in [1.54, 1.807) is 6.07 Å². The molecule has 1 unspecified atom stereocenters. The summed E-state index contributed by atoms with van der Waals surface area (Å²) in [7, 11) is 0. The third-order valence-electron chi connectivity index (χ3n) is 2.97. The van der Waals surface area contributed by atoms with Gasteiger partial charge in [-0.2, -0.15) is 0 Å². The molecule has 23 heavy (non-hydrogen) atoms. The van der Waals surface area contributed by atoms with Gasteiger partial charge in [0.1, 0.15) is 0 Å². The third-order valence-corrected chi connectivity index (χ3v) is 2.97. The summed E-state index contributed by atoms with van der Waals surface area (Å²) >= 11 is 0. The van der Waals surface area contributed by atoms with Gasteiger partial charge >= 0.3 is 5.97 Å². The zero-order chi connectivity index (χ0) is 17.2. The summed E-state index contributed by atoms with van der Waals surface area (Å²) in [6.45, 7) is 3.54. The number of carbonyl (C=O) groups excluding carboxylic acids is 2. The highest BCUT2D eigenvalue weighted by Crippen LogP contribution is 2.14. The lowest BCUT2D eigenvalue weighted by atomic mass is 10.2. The Balaban J connectivity index is 2.46. The van der Waals surface area contributed by atoms with Crippen molar-refractivity contribution in [2.45, 2.75) is 32.7 Å². The van der Waals surface area contributed by atoms with Crippen LogP contribution in [-0.4, -0.2) is 29.4 Å². The number of rotatable bonds is 8. The normalized spacial score (nSPS) is 11.9. The van der Waals surface area contributed by atoms with Crippen molar-refractivity contribution in [3.05, 3.63) is 46.0 Å². The van der Waals surface area contributed by atoms with E-state index < -0.39 is 10.9 Å². The average molecular weight is 320 g/mol. The number of nitro benzene ring substituents is 1. The Hall–Kier alpha value is -2.70. The Bertz CT molecular complexity index is 598. The van der Waals surface area contributed by atoms with Crippen LogP contribution in [-0.2, 0) is 14.3 Å². The molecule has 1 atom stereocenters. The van der Waals surface area contributed by atoms with Crippen LogP contribution in [0.5, 0.6) is 0 Å². The summed E-state index contributed by atoms with van der Waals surface area (Å²) in [5.74, 6) is -1.04. The van der Waals surface area contributed by atoms with Crippen molar-refractivity contribution < 1.29 is 19.2 Å². The Kier molecular flexibility index (Phi) is 7.45. The predicted octanol–water partition coefficient (Wildman–Crippen LogP) is 2.46. The van der Waals surface area contributed by atoms with Crippen molar-refractivity contribution in [2.24, 2.45) is 0 Å².